The molecular weight excluding hydrogens is 256 g/mol. The summed E-state index contributed by atoms with van der Waals surface area (Å²) >= 11 is 0. The van der Waals surface area contributed by atoms with Crippen LogP contribution in [-0.2, 0) is 8.85 Å². The van der Waals surface area contributed by atoms with Crippen molar-refractivity contribution in [1.29, 1.82) is 0 Å². The lowest BCUT2D eigenvalue weighted by molar-refractivity contribution is -0.204. The molecule has 16 heavy (non-hydrogen) atoms. The first-order chi connectivity index (χ1) is 7.04. The van der Waals surface area contributed by atoms with E-state index in [4.69, 9.17) is 28.8 Å². The first-order valence-electron chi connectivity index (χ1n) is 4.78. The largest absolute Gasteiger partial charge is 0.673 e. The van der Waals surface area contributed by atoms with Gasteiger partial charge in [0.05, 0.1) is 0 Å². The maximum Gasteiger partial charge on any atom is 0.673 e. The van der Waals surface area contributed by atoms with Crippen LogP contribution in [0.4, 0.5) is 0 Å². The predicted molar refractivity (Wildman–Crippen MR) is 54.9 cm³/mol. The van der Waals surface area contributed by atoms with Gasteiger partial charge in [0, 0.05) is 0 Å². The summed E-state index contributed by atoms with van der Waals surface area (Å²) in [6, 6.07) is 0. The highest BCUT2D eigenvalue weighted by Crippen LogP contribution is 2.27. The van der Waals surface area contributed by atoms with Gasteiger partial charge in [-0.1, -0.05) is 20.3 Å². The smallest absolute Gasteiger partial charge is 0.368 e. The van der Waals surface area contributed by atoms with Crippen LogP contribution >= 0.6 is 0 Å². The van der Waals surface area contributed by atoms with E-state index < -0.39 is 23.9 Å². The molecule has 8 nitrogen and oxygen atoms in total. The van der Waals surface area contributed by atoms with E-state index in [1.165, 1.54) is 6.92 Å². The maximum absolute atomic E-state index is 8.83. The molecule has 0 aliphatic carbocycles. The van der Waals surface area contributed by atoms with Crippen LogP contribution in [0.5, 0.6) is 0 Å². The van der Waals surface area contributed by atoms with Gasteiger partial charge in [-0.25, -0.2) is 0 Å². The van der Waals surface area contributed by atoms with Gasteiger partial charge in [0.25, 0.3) is 0 Å². The molecule has 0 rings (SSSR count). The van der Waals surface area contributed by atoms with Crippen LogP contribution in [0.2, 0.25) is 0 Å². The summed E-state index contributed by atoms with van der Waals surface area (Å²) in [5, 5.41) is 0. The minimum Gasteiger partial charge on any atom is -0.368 e. The Morgan fingerprint density at radius 3 is 1.44 bits per heavy atom. The second-order valence-corrected chi connectivity index (χ2v) is 6.07. The molecule has 98 valence electrons. The number of rotatable bonds is 7. The van der Waals surface area contributed by atoms with Crippen LogP contribution in [0, 0.1) is 0 Å². The van der Waals surface area contributed by atoms with Crippen LogP contribution < -0.4 is 0 Å². The van der Waals surface area contributed by atoms with Crippen molar-refractivity contribution in [2.45, 2.75) is 38.9 Å². The zero-order valence-electron chi connectivity index (χ0n) is 9.12. The van der Waals surface area contributed by atoms with Gasteiger partial charge >= 0.3 is 18.1 Å². The third-order valence-electron chi connectivity index (χ3n) is 1.82. The van der Waals surface area contributed by atoms with Gasteiger partial charge in [0.15, 0.2) is 5.79 Å². The van der Waals surface area contributed by atoms with Gasteiger partial charge < -0.3 is 37.6 Å². The number of hydrogen-bond donors (Lipinski definition) is 6. The van der Waals surface area contributed by atoms with E-state index in [1.54, 1.807) is 6.92 Å². The monoisotopic (exact) mass is 274 g/mol. The lowest BCUT2D eigenvalue weighted by Crippen LogP contribution is -2.56. The fraction of sp³-hybridized carbons (Fsp3) is 1.00. The van der Waals surface area contributed by atoms with E-state index in [9.17, 15) is 0 Å². The molecule has 0 unspecified atom stereocenters. The van der Waals surface area contributed by atoms with Crippen molar-refractivity contribution in [2.75, 3.05) is 0 Å². The van der Waals surface area contributed by atoms with E-state index in [1.807, 2.05) is 0 Å². The Hall–Kier alpha value is 0.114. The molecule has 0 heterocycles. The quantitative estimate of drug-likeness (QED) is 0.226. The Kier molecular flexibility index (Phi) is 5.68. The second kappa shape index (κ2) is 5.64. The van der Waals surface area contributed by atoms with Gasteiger partial charge in [-0.05, 0) is 12.8 Å². The topological polar surface area (TPSA) is 140 Å². The molecule has 10 heteroatoms. The van der Waals surface area contributed by atoms with Crippen molar-refractivity contribution in [1.82, 2.24) is 0 Å². The Labute approximate surface area is 95.3 Å². The highest BCUT2D eigenvalue weighted by Gasteiger charge is 2.49. The average Bonchev–Trinajstić information content (AvgIpc) is 1.98. The summed E-state index contributed by atoms with van der Waals surface area (Å²) in [6.45, 7) is 3.22. The first-order valence-corrected chi connectivity index (χ1v) is 8.28. The van der Waals surface area contributed by atoms with Crippen LogP contribution in [-0.4, -0.2) is 52.7 Å². The fourth-order valence-electron chi connectivity index (χ4n) is 1.32. The average molecular weight is 274 g/mol. The molecule has 0 atom stereocenters. The van der Waals surface area contributed by atoms with Crippen molar-refractivity contribution < 1.29 is 37.6 Å². The summed E-state index contributed by atoms with van der Waals surface area (Å²) in [7, 11) is -9.77. The predicted octanol–water partition coefficient (Wildman–Crippen LogP) is -2.25. The molecule has 0 radical (unpaired) electrons. The molecule has 0 saturated carbocycles. The molecule has 0 aliphatic rings. The van der Waals surface area contributed by atoms with E-state index in [0.29, 0.717) is 6.42 Å². The SMILES string of the molecule is CCCC(CC)(O[Si](O)(O)O)O[Si](O)(O)O. The van der Waals surface area contributed by atoms with Crippen molar-refractivity contribution in [2.24, 2.45) is 0 Å². The van der Waals surface area contributed by atoms with E-state index in [2.05, 4.69) is 8.85 Å². The number of hydrogen-bond acceptors (Lipinski definition) is 8. The summed E-state index contributed by atoms with van der Waals surface area (Å²) in [4.78, 5) is 53.0. The Balaban J connectivity index is 4.85. The Bertz CT molecular complexity index is 194. The van der Waals surface area contributed by atoms with E-state index in [0.717, 1.165) is 0 Å². The fourth-order valence-corrected chi connectivity index (χ4v) is 2.98. The lowest BCUT2D eigenvalue weighted by Gasteiger charge is -2.36. The summed E-state index contributed by atoms with van der Waals surface area (Å²) in [6.07, 6.45) is 0.493. The standard InChI is InChI=1S/C6H18O8Si2/c1-3-5-6(4-2,13-15(7,8)9)14-16(10,11)12/h7-12H,3-5H2,1-2H3. The first kappa shape index (κ1) is 16.1. The highest BCUT2D eigenvalue weighted by molar-refractivity contribution is 6.50. The van der Waals surface area contributed by atoms with Crippen LogP contribution in [0.15, 0.2) is 0 Å². The van der Waals surface area contributed by atoms with Crippen molar-refractivity contribution in [3.8, 4) is 0 Å². The minimum atomic E-state index is -4.89. The molecule has 0 aliphatic heterocycles. The molecule has 0 aromatic rings. The highest BCUT2D eigenvalue weighted by atomic mass is 28.4. The Morgan fingerprint density at radius 2 is 1.25 bits per heavy atom. The molecular formula is C6H18O8Si2. The van der Waals surface area contributed by atoms with Gasteiger partial charge in [-0.2, -0.15) is 0 Å². The molecule has 0 aromatic heterocycles. The molecule has 0 amide bonds. The van der Waals surface area contributed by atoms with E-state index in [-0.39, 0.29) is 12.8 Å². The summed E-state index contributed by atoms with van der Waals surface area (Å²) in [5.74, 6) is -1.82. The molecule has 0 fully saturated rings. The zero-order valence-corrected chi connectivity index (χ0v) is 11.1. The molecule has 6 N–H and O–H groups in total. The third kappa shape index (κ3) is 6.64. The summed E-state index contributed by atoms with van der Waals surface area (Å²) in [5.41, 5.74) is 0. The molecule has 0 bridgehead atoms. The summed E-state index contributed by atoms with van der Waals surface area (Å²) < 4.78 is 9.06. The normalized spacial score (nSPS) is 14.2. The Morgan fingerprint density at radius 1 is 0.875 bits per heavy atom. The van der Waals surface area contributed by atoms with Crippen molar-refractivity contribution in [3.63, 3.8) is 0 Å². The maximum atomic E-state index is 8.83. The van der Waals surface area contributed by atoms with Gasteiger partial charge in [-0.3, -0.25) is 0 Å². The van der Waals surface area contributed by atoms with E-state index >= 15 is 0 Å². The zero-order chi connectivity index (χ0) is 13.0. The van der Waals surface area contributed by atoms with Crippen LogP contribution in [0.25, 0.3) is 0 Å². The second-order valence-electron chi connectivity index (χ2n) is 3.37. The lowest BCUT2D eigenvalue weighted by atomic mass is 10.1. The third-order valence-corrected chi connectivity index (χ3v) is 3.11. The van der Waals surface area contributed by atoms with Gasteiger partial charge in [-0.15, -0.1) is 0 Å². The molecule has 0 aromatic carbocycles. The van der Waals surface area contributed by atoms with Crippen molar-refractivity contribution in [3.05, 3.63) is 0 Å². The minimum absolute atomic E-state index is 0.00625. The van der Waals surface area contributed by atoms with Gasteiger partial charge in [0.2, 0.25) is 0 Å². The molecule has 0 spiro atoms. The van der Waals surface area contributed by atoms with Crippen molar-refractivity contribution >= 4 is 18.1 Å². The van der Waals surface area contributed by atoms with Gasteiger partial charge in [0.1, 0.15) is 0 Å². The molecule has 0 saturated heterocycles. The van der Waals surface area contributed by atoms with Crippen LogP contribution in [0.3, 0.4) is 0 Å². The van der Waals surface area contributed by atoms with Crippen LogP contribution in [0.1, 0.15) is 33.1 Å².